The van der Waals surface area contributed by atoms with Gasteiger partial charge < -0.3 is 4.74 Å². The molecule has 1 unspecified atom stereocenters. The summed E-state index contributed by atoms with van der Waals surface area (Å²) in [5.41, 5.74) is 0.870. The molecule has 0 aromatic carbocycles. The van der Waals surface area contributed by atoms with Gasteiger partial charge in [-0.2, -0.15) is 11.8 Å². The number of hydrogen-bond acceptors (Lipinski definition) is 4. The SMILES string of the molecule is COc1cccc2nnc(C3CCCSC3)n12. The normalized spacial score (nSPS) is 20.6. The maximum atomic E-state index is 5.39. The van der Waals surface area contributed by atoms with Gasteiger partial charge in [0.1, 0.15) is 5.82 Å². The van der Waals surface area contributed by atoms with Crippen LogP contribution in [0.3, 0.4) is 0 Å². The average Bonchev–Trinajstić information content (AvgIpc) is 2.83. The molecular weight excluding hydrogens is 234 g/mol. The fraction of sp³-hybridized carbons (Fsp3) is 0.500. The Kier molecular flexibility index (Phi) is 2.93. The highest BCUT2D eigenvalue weighted by Crippen LogP contribution is 2.31. The summed E-state index contributed by atoms with van der Waals surface area (Å²) in [7, 11) is 1.69. The van der Waals surface area contributed by atoms with Gasteiger partial charge in [0.25, 0.3) is 0 Å². The number of hydrogen-bond donors (Lipinski definition) is 0. The van der Waals surface area contributed by atoms with Gasteiger partial charge in [0.2, 0.25) is 5.88 Å². The van der Waals surface area contributed by atoms with Crippen LogP contribution in [-0.2, 0) is 0 Å². The van der Waals surface area contributed by atoms with E-state index in [2.05, 4.69) is 10.2 Å². The number of aromatic nitrogens is 3. The van der Waals surface area contributed by atoms with E-state index in [1.54, 1.807) is 7.11 Å². The minimum Gasteiger partial charge on any atom is -0.482 e. The van der Waals surface area contributed by atoms with E-state index < -0.39 is 0 Å². The molecule has 0 bridgehead atoms. The van der Waals surface area contributed by atoms with Crippen LogP contribution in [0.2, 0.25) is 0 Å². The summed E-state index contributed by atoms with van der Waals surface area (Å²) in [4.78, 5) is 0. The Morgan fingerprint density at radius 1 is 1.41 bits per heavy atom. The molecule has 1 atom stereocenters. The van der Waals surface area contributed by atoms with Crippen molar-refractivity contribution < 1.29 is 4.74 Å². The number of nitrogens with zero attached hydrogens (tertiary/aromatic N) is 3. The lowest BCUT2D eigenvalue weighted by Crippen LogP contribution is -2.12. The van der Waals surface area contributed by atoms with E-state index in [1.807, 2.05) is 34.4 Å². The molecule has 1 aliphatic rings. The highest BCUT2D eigenvalue weighted by Gasteiger charge is 2.22. The third-order valence-electron chi connectivity index (χ3n) is 3.15. The third-order valence-corrected chi connectivity index (χ3v) is 4.37. The average molecular weight is 249 g/mol. The molecule has 90 valence electrons. The minimum atomic E-state index is 0.500. The van der Waals surface area contributed by atoms with Crippen molar-refractivity contribution >= 4 is 17.4 Å². The molecule has 0 amide bonds. The predicted octanol–water partition coefficient (Wildman–Crippen LogP) is 2.35. The number of methoxy groups -OCH3 is 1. The minimum absolute atomic E-state index is 0.500. The monoisotopic (exact) mass is 249 g/mol. The van der Waals surface area contributed by atoms with Crippen LogP contribution in [0.5, 0.6) is 5.88 Å². The molecule has 17 heavy (non-hydrogen) atoms. The molecule has 0 spiro atoms. The zero-order valence-electron chi connectivity index (χ0n) is 9.80. The number of thioether (sulfide) groups is 1. The van der Waals surface area contributed by atoms with Gasteiger partial charge in [0.15, 0.2) is 5.65 Å². The van der Waals surface area contributed by atoms with Crippen molar-refractivity contribution in [2.75, 3.05) is 18.6 Å². The topological polar surface area (TPSA) is 39.4 Å². The van der Waals surface area contributed by atoms with Gasteiger partial charge in [-0.15, -0.1) is 10.2 Å². The summed E-state index contributed by atoms with van der Waals surface area (Å²) in [5, 5.41) is 8.57. The van der Waals surface area contributed by atoms with Crippen molar-refractivity contribution in [1.82, 2.24) is 14.6 Å². The fourth-order valence-electron chi connectivity index (χ4n) is 2.30. The van der Waals surface area contributed by atoms with E-state index in [1.165, 1.54) is 18.6 Å². The zero-order valence-corrected chi connectivity index (χ0v) is 10.6. The van der Waals surface area contributed by atoms with Crippen molar-refractivity contribution in [3.63, 3.8) is 0 Å². The smallest absolute Gasteiger partial charge is 0.200 e. The molecule has 0 radical (unpaired) electrons. The molecular formula is C12H15N3OS. The number of fused-ring (bicyclic) bond motifs is 1. The number of ether oxygens (including phenoxy) is 1. The van der Waals surface area contributed by atoms with Crippen LogP contribution < -0.4 is 4.74 Å². The van der Waals surface area contributed by atoms with Crippen LogP contribution >= 0.6 is 11.8 Å². The summed E-state index contributed by atoms with van der Waals surface area (Å²) in [5.74, 6) is 4.77. The summed E-state index contributed by atoms with van der Waals surface area (Å²) in [6, 6.07) is 5.87. The Morgan fingerprint density at radius 3 is 3.12 bits per heavy atom. The van der Waals surface area contributed by atoms with E-state index in [4.69, 9.17) is 4.74 Å². The van der Waals surface area contributed by atoms with Crippen LogP contribution in [0.4, 0.5) is 0 Å². The molecule has 1 saturated heterocycles. The van der Waals surface area contributed by atoms with Gasteiger partial charge in [-0.1, -0.05) is 6.07 Å². The molecule has 4 nitrogen and oxygen atoms in total. The Bertz CT molecular complexity index is 519. The summed E-state index contributed by atoms with van der Waals surface area (Å²) >= 11 is 2.00. The van der Waals surface area contributed by atoms with Crippen molar-refractivity contribution in [2.45, 2.75) is 18.8 Å². The lowest BCUT2D eigenvalue weighted by atomic mass is 10.1. The van der Waals surface area contributed by atoms with Crippen LogP contribution in [0.15, 0.2) is 18.2 Å². The zero-order chi connectivity index (χ0) is 11.7. The fourth-order valence-corrected chi connectivity index (χ4v) is 3.44. The van der Waals surface area contributed by atoms with Crippen molar-refractivity contribution in [3.05, 3.63) is 24.0 Å². The molecule has 1 aliphatic heterocycles. The van der Waals surface area contributed by atoms with Gasteiger partial charge in [0.05, 0.1) is 7.11 Å². The molecule has 3 rings (SSSR count). The quantitative estimate of drug-likeness (QED) is 0.819. The summed E-state index contributed by atoms with van der Waals surface area (Å²) in [6.45, 7) is 0. The largest absolute Gasteiger partial charge is 0.482 e. The van der Waals surface area contributed by atoms with E-state index in [0.717, 1.165) is 23.1 Å². The van der Waals surface area contributed by atoms with Crippen LogP contribution in [-0.4, -0.2) is 33.2 Å². The Balaban J connectivity index is 2.09. The second-order valence-electron chi connectivity index (χ2n) is 4.23. The maximum Gasteiger partial charge on any atom is 0.200 e. The van der Waals surface area contributed by atoms with Gasteiger partial charge in [-0.05, 0) is 30.7 Å². The van der Waals surface area contributed by atoms with Gasteiger partial charge in [-0.3, -0.25) is 0 Å². The van der Waals surface area contributed by atoms with Gasteiger partial charge in [-0.25, -0.2) is 4.40 Å². The van der Waals surface area contributed by atoms with Crippen LogP contribution in [0.1, 0.15) is 24.6 Å². The first-order chi connectivity index (χ1) is 8.40. The predicted molar refractivity (Wildman–Crippen MR) is 68.8 cm³/mol. The second kappa shape index (κ2) is 4.56. The van der Waals surface area contributed by atoms with E-state index in [-0.39, 0.29) is 0 Å². The molecule has 3 heterocycles. The van der Waals surface area contributed by atoms with E-state index in [9.17, 15) is 0 Å². The number of rotatable bonds is 2. The Labute approximate surface area is 104 Å². The second-order valence-corrected chi connectivity index (χ2v) is 5.38. The van der Waals surface area contributed by atoms with Gasteiger partial charge >= 0.3 is 0 Å². The maximum absolute atomic E-state index is 5.39. The molecule has 2 aromatic rings. The third kappa shape index (κ3) is 1.88. The highest BCUT2D eigenvalue weighted by molar-refractivity contribution is 7.99. The van der Waals surface area contributed by atoms with Crippen molar-refractivity contribution in [1.29, 1.82) is 0 Å². The molecule has 0 N–H and O–H groups in total. The molecule has 2 aromatic heterocycles. The lowest BCUT2D eigenvalue weighted by molar-refractivity contribution is 0.388. The van der Waals surface area contributed by atoms with E-state index >= 15 is 0 Å². The first kappa shape index (κ1) is 10.9. The Hall–Kier alpha value is -1.23. The van der Waals surface area contributed by atoms with Gasteiger partial charge in [0, 0.05) is 11.7 Å². The molecule has 0 aliphatic carbocycles. The first-order valence-electron chi connectivity index (χ1n) is 5.86. The first-order valence-corrected chi connectivity index (χ1v) is 7.01. The molecule has 5 heteroatoms. The van der Waals surface area contributed by atoms with Crippen molar-refractivity contribution in [3.8, 4) is 5.88 Å². The van der Waals surface area contributed by atoms with Crippen LogP contribution in [0, 0.1) is 0 Å². The summed E-state index contributed by atoms with van der Waals surface area (Å²) in [6.07, 6.45) is 2.46. The highest BCUT2D eigenvalue weighted by atomic mass is 32.2. The Morgan fingerprint density at radius 2 is 2.35 bits per heavy atom. The van der Waals surface area contributed by atoms with Crippen molar-refractivity contribution in [2.24, 2.45) is 0 Å². The lowest BCUT2D eigenvalue weighted by Gasteiger charge is -2.20. The molecule has 1 fully saturated rings. The summed E-state index contributed by atoms with van der Waals surface area (Å²) < 4.78 is 7.43. The van der Waals surface area contributed by atoms with Crippen LogP contribution in [0.25, 0.3) is 5.65 Å². The molecule has 0 saturated carbocycles. The number of pyridine rings is 1. The van der Waals surface area contributed by atoms with E-state index in [0.29, 0.717) is 5.92 Å². The standard InChI is InChI=1S/C12H15N3OS/c1-16-11-6-2-5-10-13-14-12(15(10)11)9-4-3-7-17-8-9/h2,5-6,9H,3-4,7-8H2,1H3.